The molecule has 0 bridgehead atoms. The summed E-state index contributed by atoms with van der Waals surface area (Å²) >= 11 is 26.5. The Morgan fingerprint density at radius 2 is 1.43 bits per heavy atom. The number of ether oxygens (including phenoxy) is 2. The highest BCUT2D eigenvalue weighted by molar-refractivity contribution is 7.89. The standard InChI is InChI=1S/C33H28Cl4N4O7S3/c1-47-26-7-6-22(39-8-10-40(11-9-39)50(43,44)29-14-20(34)12-23(36)31(29)42)16-27(26)48-32-24(37)13-21(35)15-30(32)51(45,46)41-17-19(18-41)33-38-25-4-2-3-5-28(25)49-33/h2-7,12-16,19,42H,8-11,17-18H2,1H3. The molecule has 2 saturated heterocycles. The lowest BCUT2D eigenvalue weighted by atomic mass is 10.1. The average Bonchev–Trinajstić information content (AvgIpc) is 3.50. The van der Waals surface area contributed by atoms with Crippen molar-refractivity contribution in [2.75, 3.05) is 51.3 Å². The second-order valence-electron chi connectivity index (χ2n) is 11.8. The third-order valence-corrected chi connectivity index (χ3v) is 14.6. The number of nitrogens with zero attached hydrogens (tertiary/aromatic N) is 4. The van der Waals surface area contributed by atoms with E-state index in [-0.39, 0.29) is 86.6 Å². The van der Waals surface area contributed by atoms with E-state index in [0.29, 0.717) is 11.4 Å². The number of rotatable bonds is 9. The Kier molecular flexibility index (Phi) is 10.0. The minimum atomic E-state index is -4.11. The maximum atomic E-state index is 14.0. The highest BCUT2D eigenvalue weighted by atomic mass is 35.5. The lowest BCUT2D eigenvalue weighted by Gasteiger charge is -2.37. The van der Waals surface area contributed by atoms with Gasteiger partial charge in [-0.15, -0.1) is 11.3 Å². The molecule has 0 amide bonds. The number of phenolic OH excluding ortho intramolecular Hbond substituents is 1. The molecule has 2 aliphatic heterocycles. The second-order valence-corrected chi connectivity index (χ2v) is 18.4. The van der Waals surface area contributed by atoms with Gasteiger partial charge in [0.2, 0.25) is 20.0 Å². The van der Waals surface area contributed by atoms with Crippen LogP contribution in [0.1, 0.15) is 10.9 Å². The van der Waals surface area contributed by atoms with Crippen LogP contribution >= 0.6 is 57.7 Å². The first-order chi connectivity index (χ1) is 24.3. The molecular formula is C33H28Cl4N4O7S3. The van der Waals surface area contributed by atoms with Gasteiger partial charge in [0.05, 0.1) is 32.4 Å². The first kappa shape index (κ1) is 36.3. The van der Waals surface area contributed by atoms with Gasteiger partial charge in [-0.2, -0.15) is 8.61 Å². The van der Waals surface area contributed by atoms with Crippen LogP contribution in [0.4, 0.5) is 5.69 Å². The maximum Gasteiger partial charge on any atom is 0.246 e. The molecule has 18 heteroatoms. The minimum absolute atomic E-state index is 0.0139. The molecule has 2 aliphatic rings. The Morgan fingerprint density at radius 3 is 2.12 bits per heavy atom. The second kappa shape index (κ2) is 14.1. The van der Waals surface area contributed by atoms with Gasteiger partial charge in [0.1, 0.15) is 9.79 Å². The van der Waals surface area contributed by atoms with Crippen LogP contribution in [-0.4, -0.2) is 81.9 Å². The van der Waals surface area contributed by atoms with E-state index in [4.69, 9.17) is 60.9 Å². The fourth-order valence-electron chi connectivity index (χ4n) is 5.94. The molecular weight excluding hydrogens is 802 g/mol. The SMILES string of the molecule is COc1ccc(N2CCN(S(=O)(=O)c3cc(Cl)cc(Cl)c3O)CC2)cc1Oc1c(Cl)cc(Cl)cc1S(=O)(=O)N1CC(c2nc3ccccc3s2)C1. The summed E-state index contributed by atoms with van der Waals surface area (Å²) in [5, 5.41) is 11.3. The molecule has 0 unspecified atom stereocenters. The summed E-state index contributed by atoms with van der Waals surface area (Å²) in [4.78, 5) is 6.06. The zero-order valence-electron chi connectivity index (χ0n) is 26.6. The van der Waals surface area contributed by atoms with E-state index in [2.05, 4.69) is 0 Å². The van der Waals surface area contributed by atoms with Crippen LogP contribution in [0.3, 0.4) is 0 Å². The highest BCUT2D eigenvalue weighted by Crippen LogP contribution is 2.45. The molecule has 1 N–H and O–H groups in total. The lowest BCUT2D eigenvalue weighted by molar-refractivity contribution is 0.263. The molecule has 11 nitrogen and oxygen atoms in total. The zero-order valence-corrected chi connectivity index (χ0v) is 32.1. The summed E-state index contributed by atoms with van der Waals surface area (Å²) in [6, 6.07) is 18.0. The summed E-state index contributed by atoms with van der Waals surface area (Å²) in [6.45, 7) is 1.21. The Hall–Kier alpha value is -3.05. The average molecular weight is 831 g/mol. The number of sulfonamides is 2. The Bertz CT molecular complexity index is 2350. The number of aromatic hydroxyl groups is 1. The summed E-state index contributed by atoms with van der Waals surface area (Å²) < 4.78 is 70.2. The van der Waals surface area contributed by atoms with Crippen LogP contribution in [0, 0.1) is 0 Å². The van der Waals surface area contributed by atoms with Gasteiger partial charge in [-0.3, -0.25) is 0 Å². The van der Waals surface area contributed by atoms with Crippen LogP contribution < -0.4 is 14.4 Å². The van der Waals surface area contributed by atoms with Gasteiger partial charge in [-0.25, -0.2) is 21.8 Å². The molecule has 3 heterocycles. The summed E-state index contributed by atoms with van der Waals surface area (Å²) in [5.74, 6) is -0.249. The minimum Gasteiger partial charge on any atom is -0.505 e. The first-order valence-electron chi connectivity index (χ1n) is 15.4. The smallest absolute Gasteiger partial charge is 0.246 e. The fourth-order valence-corrected chi connectivity index (χ4v) is 11.5. The molecule has 51 heavy (non-hydrogen) atoms. The highest BCUT2D eigenvalue weighted by Gasteiger charge is 2.41. The molecule has 1 aromatic heterocycles. The van der Waals surface area contributed by atoms with Crippen molar-refractivity contribution in [3.8, 4) is 23.0 Å². The number of anilines is 1. The molecule has 268 valence electrons. The van der Waals surface area contributed by atoms with Crippen molar-refractivity contribution in [2.45, 2.75) is 15.7 Å². The van der Waals surface area contributed by atoms with Crippen LogP contribution in [0.5, 0.6) is 23.0 Å². The predicted octanol–water partition coefficient (Wildman–Crippen LogP) is 7.72. The van der Waals surface area contributed by atoms with E-state index in [1.807, 2.05) is 29.2 Å². The quantitative estimate of drug-likeness (QED) is 0.159. The molecule has 2 fully saturated rings. The van der Waals surface area contributed by atoms with E-state index >= 15 is 0 Å². The summed E-state index contributed by atoms with van der Waals surface area (Å²) in [5.41, 5.74) is 1.54. The number of benzene rings is 4. The van der Waals surface area contributed by atoms with Crippen molar-refractivity contribution >= 4 is 93.7 Å². The van der Waals surface area contributed by atoms with Crippen molar-refractivity contribution < 1.29 is 31.4 Å². The van der Waals surface area contributed by atoms with E-state index < -0.39 is 25.8 Å². The van der Waals surface area contributed by atoms with Gasteiger partial charge in [0, 0.05) is 67.0 Å². The number of phenols is 1. The number of methoxy groups -OCH3 is 1. The molecule has 0 aliphatic carbocycles. The molecule has 5 aromatic rings. The summed E-state index contributed by atoms with van der Waals surface area (Å²) in [6.07, 6.45) is 0. The normalized spacial score (nSPS) is 16.4. The monoisotopic (exact) mass is 828 g/mol. The molecule has 0 saturated carbocycles. The number of aromatic nitrogens is 1. The van der Waals surface area contributed by atoms with E-state index in [0.717, 1.165) is 21.3 Å². The van der Waals surface area contributed by atoms with Gasteiger partial charge in [0.15, 0.2) is 23.0 Å². The summed E-state index contributed by atoms with van der Waals surface area (Å²) in [7, 11) is -6.76. The maximum absolute atomic E-state index is 14.0. The molecule has 7 rings (SSSR count). The van der Waals surface area contributed by atoms with Crippen molar-refractivity contribution in [1.82, 2.24) is 13.6 Å². The lowest BCUT2D eigenvalue weighted by Crippen LogP contribution is -2.48. The van der Waals surface area contributed by atoms with Crippen molar-refractivity contribution in [3.05, 3.63) is 91.8 Å². The molecule has 0 atom stereocenters. The largest absolute Gasteiger partial charge is 0.505 e. The number of thiazole rings is 1. The molecule has 0 radical (unpaired) electrons. The topological polar surface area (TPSA) is 130 Å². The zero-order chi connectivity index (χ0) is 36.2. The third kappa shape index (κ3) is 6.94. The van der Waals surface area contributed by atoms with Crippen molar-refractivity contribution in [1.29, 1.82) is 0 Å². The first-order valence-corrected chi connectivity index (χ1v) is 20.6. The van der Waals surface area contributed by atoms with E-state index in [9.17, 15) is 21.9 Å². The number of hydrogen-bond acceptors (Lipinski definition) is 10. The fraction of sp³-hybridized carbons (Fsp3) is 0.242. The van der Waals surface area contributed by atoms with Crippen molar-refractivity contribution in [2.24, 2.45) is 0 Å². The number of para-hydroxylation sites is 1. The van der Waals surface area contributed by atoms with Crippen molar-refractivity contribution in [3.63, 3.8) is 0 Å². The van der Waals surface area contributed by atoms with Gasteiger partial charge in [0.25, 0.3) is 0 Å². The Labute approximate surface area is 318 Å². The van der Waals surface area contributed by atoms with Crippen LogP contribution in [0.2, 0.25) is 20.1 Å². The van der Waals surface area contributed by atoms with Crippen LogP contribution in [0.25, 0.3) is 10.2 Å². The molecule has 0 spiro atoms. The predicted molar refractivity (Wildman–Crippen MR) is 200 cm³/mol. The number of halogens is 4. The van der Waals surface area contributed by atoms with Gasteiger partial charge < -0.3 is 19.5 Å². The Balaban J connectivity index is 1.11. The van der Waals surface area contributed by atoms with Crippen LogP contribution in [-0.2, 0) is 20.0 Å². The van der Waals surface area contributed by atoms with E-state index in [1.54, 1.807) is 29.5 Å². The van der Waals surface area contributed by atoms with Gasteiger partial charge in [-0.05, 0) is 48.5 Å². The van der Waals surface area contributed by atoms with Gasteiger partial charge in [-0.1, -0.05) is 58.5 Å². The van der Waals surface area contributed by atoms with Gasteiger partial charge >= 0.3 is 0 Å². The number of hydrogen-bond donors (Lipinski definition) is 1. The number of fused-ring (bicyclic) bond motifs is 1. The van der Waals surface area contributed by atoms with E-state index in [1.165, 1.54) is 33.9 Å². The van der Waals surface area contributed by atoms with Crippen LogP contribution in [0.15, 0.2) is 76.5 Å². The molecule has 4 aromatic carbocycles. The third-order valence-electron chi connectivity index (χ3n) is 8.67. The number of piperazine rings is 1. The Morgan fingerprint density at radius 1 is 0.784 bits per heavy atom.